The zero-order valence-electron chi connectivity index (χ0n) is 10.6. The lowest BCUT2D eigenvalue weighted by molar-refractivity contribution is -0.146. The summed E-state index contributed by atoms with van der Waals surface area (Å²) in [5.41, 5.74) is 0. The molecule has 0 aromatic heterocycles. The van der Waals surface area contributed by atoms with Crippen molar-refractivity contribution in [2.24, 2.45) is 17.8 Å². The number of rotatable bonds is 5. The summed E-state index contributed by atoms with van der Waals surface area (Å²) >= 11 is 0. The van der Waals surface area contributed by atoms with E-state index >= 15 is 0 Å². The highest BCUT2D eigenvalue weighted by Crippen LogP contribution is 2.36. The van der Waals surface area contributed by atoms with Gasteiger partial charge < -0.3 is 15.2 Å². The van der Waals surface area contributed by atoms with E-state index in [-0.39, 0.29) is 11.9 Å². The van der Waals surface area contributed by atoms with Gasteiger partial charge in [0.25, 0.3) is 0 Å². The predicted octanol–water partition coefficient (Wildman–Crippen LogP) is 0.884. The molecule has 1 saturated carbocycles. The molecule has 98 valence electrons. The van der Waals surface area contributed by atoms with Gasteiger partial charge in [0.1, 0.15) is 0 Å². The number of ether oxygens (including phenoxy) is 1. The summed E-state index contributed by atoms with van der Waals surface area (Å²) in [5.74, 6) is -1.67. The van der Waals surface area contributed by atoms with E-state index in [0.717, 1.165) is 0 Å². The predicted molar refractivity (Wildman–Crippen MR) is 62.5 cm³/mol. The average molecular weight is 243 g/mol. The maximum atomic E-state index is 12.0. The van der Waals surface area contributed by atoms with Crippen molar-refractivity contribution in [1.82, 2.24) is 5.32 Å². The van der Waals surface area contributed by atoms with Gasteiger partial charge in [0, 0.05) is 13.2 Å². The summed E-state index contributed by atoms with van der Waals surface area (Å²) in [6.45, 7) is 4.27. The fourth-order valence-corrected chi connectivity index (χ4v) is 2.50. The SMILES string of the molecule is COCC(C)NC(=O)C1CC(C)CC1C(=O)O. The van der Waals surface area contributed by atoms with Gasteiger partial charge >= 0.3 is 5.97 Å². The van der Waals surface area contributed by atoms with Crippen molar-refractivity contribution in [3.05, 3.63) is 0 Å². The lowest BCUT2D eigenvalue weighted by Gasteiger charge is -2.19. The zero-order chi connectivity index (χ0) is 13.0. The molecule has 0 saturated heterocycles. The third kappa shape index (κ3) is 3.70. The highest BCUT2D eigenvalue weighted by Gasteiger charge is 2.41. The second-order valence-electron chi connectivity index (χ2n) is 4.99. The number of nitrogens with one attached hydrogen (secondary N) is 1. The van der Waals surface area contributed by atoms with Gasteiger partial charge in [0.2, 0.25) is 5.91 Å². The number of amides is 1. The first-order valence-electron chi connectivity index (χ1n) is 5.97. The van der Waals surface area contributed by atoms with Crippen molar-refractivity contribution in [2.75, 3.05) is 13.7 Å². The van der Waals surface area contributed by atoms with Crippen LogP contribution in [0.25, 0.3) is 0 Å². The third-order valence-electron chi connectivity index (χ3n) is 3.26. The van der Waals surface area contributed by atoms with Crippen LogP contribution in [0.3, 0.4) is 0 Å². The number of hydrogen-bond acceptors (Lipinski definition) is 3. The minimum Gasteiger partial charge on any atom is -0.481 e. The normalized spacial score (nSPS) is 29.9. The Bertz CT molecular complexity index is 292. The van der Waals surface area contributed by atoms with E-state index in [1.54, 1.807) is 7.11 Å². The summed E-state index contributed by atoms with van der Waals surface area (Å²) in [6, 6.07) is -0.0853. The monoisotopic (exact) mass is 243 g/mol. The van der Waals surface area contributed by atoms with Crippen LogP contribution < -0.4 is 5.32 Å². The van der Waals surface area contributed by atoms with Crippen LogP contribution >= 0.6 is 0 Å². The molecule has 0 bridgehead atoms. The van der Waals surface area contributed by atoms with Crippen LogP contribution in [0.4, 0.5) is 0 Å². The van der Waals surface area contributed by atoms with Crippen LogP contribution in [-0.2, 0) is 14.3 Å². The number of carbonyl (C=O) groups is 2. The average Bonchev–Trinajstić information content (AvgIpc) is 2.60. The van der Waals surface area contributed by atoms with E-state index in [4.69, 9.17) is 9.84 Å². The fourth-order valence-electron chi connectivity index (χ4n) is 2.50. The minimum absolute atomic E-state index is 0.0853. The first-order chi connectivity index (χ1) is 7.95. The second-order valence-corrected chi connectivity index (χ2v) is 4.99. The molecule has 0 heterocycles. The number of methoxy groups -OCH3 is 1. The van der Waals surface area contributed by atoms with Crippen LogP contribution in [0.1, 0.15) is 26.7 Å². The van der Waals surface area contributed by atoms with Gasteiger partial charge in [0.15, 0.2) is 0 Å². The zero-order valence-corrected chi connectivity index (χ0v) is 10.6. The molecule has 4 unspecified atom stereocenters. The van der Waals surface area contributed by atoms with Gasteiger partial charge in [-0.25, -0.2) is 0 Å². The van der Waals surface area contributed by atoms with Crippen molar-refractivity contribution in [3.63, 3.8) is 0 Å². The first-order valence-corrected chi connectivity index (χ1v) is 5.97. The Labute approximate surface area is 102 Å². The molecule has 2 N–H and O–H groups in total. The number of aliphatic carboxylic acids is 1. The molecule has 0 aromatic carbocycles. The smallest absolute Gasteiger partial charge is 0.307 e. The van der Waals surface area contributed by atoms with Crippen molar-refractivity contribution in [2.45, 2.75) is 32.7 Å². The van der Waals surface area contributed by atoms with E-state index in [9.17, 15) is 9.59 Å². The van der Waals surface area contributed by atoms with Crippen LogP contribution in [-0.4, -0.2) is 36.7 Å². The van der Waals surface area contributed by atoms with Gasteiger partial charge in [-0.2, -0.15) is 0 Å². The maximum Gasteiger partial charge on any atom is 0.307 e. The van der Waals surface area contributed by atoms with Crippen LogP contribution in [0, 0.1) is 17.8 Å². The maximum absolute atomic E-state index is 12.0. The van der Waals surface area contributed by atoms with E-state index in [1.165, 1.54) is 0 Å². The van der Waals surface area contributed by atoms with Crippen molar-refractivity contribution in [3.8, 4) is 0 Å². The Balaban J connectivity index is 2.58. The molecular formula is C12H21NO4. The van der Waals surface area contributed by atoms with Gasteiger partial charge in [-0.3, -0.25) is 9.59 Å². The summed E-state index contributed by atoms with van der Waals surface area (Å²) in [4.78, 5) is 23.0. The summed E-state index contributed by atoms with van der Waals surface area (Å²) in [5, 5.41) is 11.9. The molecule has 0 aliphatic heterocycles. The quantitative estimate of drug-likeness (QED) is 0.751. The summed E-state index contributed by atoms with van der Waals surface area (Å²) < 4.78 is 4.93. The lowest BCUT2D eigenvalue weighted by Crippen LogP contribution is -2.41. The standard InChI is InChI=1S/C12H21NO4/c1-7-4-9(10(5-7)12(15)16)11(14)13-8(2)6-17-3/h7-10H,4-6H2,1-3H3,(H,13,14)(H,15,16). The molecule has 0 radical (unpaired) electrons. The highest BCUT2D eigenvalue weighted by molar-refractivity contribution is 5.85. The second kappa shape index (κ2) is 6.00. The summed E-state index contributed by atoms with van der Waals surface area (Å²) in [6.07, 6.45) is 1.24. The molecule has 5 nitrogen and oxygen atoms in total. The Hall–Kier alpha value is -1.10. The van der Waals surface area contributed by atoms with Crippen molar-refractivity contribution in [1.29, 1.82) is 0 Å². The van der Waals surface area contributed by atoms with Crippen LogP contribution in [0.15, 0.2) is 0 Å². The van der Waals surface area contributed by atoms with Gasteiger partial charge in [-0.15, -0.1) is 0 Å². The Morgan fingerprint density at radius 3 is 2.53 bits per heavy atom. The van der Waals surface area contributed by atoms with E-state index in [1.807, 2.05) is 13.8 Å². The molecule has 1 amide bonds. The minimum atomic E-state index is -0.867. The van der Waals surface area contributed by atoms with E-state index < -0.39 is 17.8 Å². The van der Waals surface area contributed by atoms with Crippen molar-refractivity contribution < 1.29 is 19.4 Å². The largest absolute Gasteiger partial charge is 0.481 e. The Morgan fingerprint density at radius 1 is 1.41 bits per heavy atom. The number of carboxylic acids is 1. The van der Waals surface area contributed by atoms with Crippen LogP contribution in [0.2, 0.25) is 0 Å². The highest BCUT2D eigenvalue weighted by atomic mass is 16.5. The number of carbonyl (C=O) groups excluding carboxylic acids is 1. The summed E-state index contributed by atoms with van der Waals surface area (Å²) in [7, 11) is 1.57. The lowest BCUT2D eigenvalue weighted by atomic mass is 9.95. The number of hydrogen-bond donors (Lipinski definition) is 2. The van der Waals surface area contributed by atoms with Crippen LogP contribution in [0.5, 0.6) is 0 Å². The molecule has 4 atom stereocenters. The Morgan fingerprint density at radius 2 is 2.00 bits per heavy atom. The molecule has 0 aromatic rings. The fraction of sp³-hybridized carbons (Fsp3) is 0.833. The molecule has 0 spiro atoms. The molecule has 17 heavy (non-hydrogen) atoms. The van der Waals surface area contributed by atoms with Gasteiger partial charge in [0.05, 0.1) is 18.4 Å². The Kier molecular flexibility index (Phi) is 4.93. The molecule has 1 aliphatic rings. The molecule has 1 fully saturated rings. The van der Waals surface area contributed by atoms with E-state index in [2.05, 4.69) is 5.32 Å². The molecule has 1 rings (SSSR count). The van der Waals surface area contributed by atoms with Gasteiger partial charge in [-0.1, -0.05) is 6.92 Å². The topological polar surface area (TPSA) is 75.6 Å². The molecule has 1 aliphatic carbocycles. The first kappa shape index (κ1) is 14.0. The number of carboxylic acid groups (broad SMARTS) is 1. The van der Waals surface area contributed by atoms with Gasteiger partial charge in [-0.05, 0) is 25.7 Å². The third-order valence-corrected chi connectivity index (χ3v) is 3.26. The van der Waals surface area contributed by atoms with Crippen molar-refractivity contribution >= 4 is 11.9 Å². The molecule has 5 heteroatoms. The van der Waals surface area contributed by atoms with E-state index in [0.29, 0.717) is 25.4 Å². The molecular weight excluding hydrogens is 222 g/mol.